The first-order chi connectivity index (χ1) is 13.5. The standard InChI is InChI=1S/C21H24FN3O3/c1-24(21(27)14-16-3-2-4-17(22)13-16)15-20(26)23-18-5-7-19(8-6-18)25-9-11-28-12-10-25/h2-8,13H,9-12,14-15H2,1H3,(H,23,26). The lowest BCUT2D eigenvalue weighted by Crippen LogP contribution is -2.36. The maximum Gasteiger partial charge on any atom is 0.243 e. The molecular weight excluding hydrogens is 361 g/mol. The van der Waals surface area contributed by atoms with Crippen molar-refractivity contribution < 1.29 is 18.7 Å². The molecule has 2 aromatic carbocycles. The van der Waals surface area contributed by atoms with Crippen LogP contribution in [-0.2, 0) is 20.7 Å². The molecule has 1 aliphatic heterocycles. The highest BCUT2D eigenvalue weighted by Gasteiger charge is 2.15. The fourth-order valence-electron chi connectivity index (χ4n) is 3.04. The maximum atomic E-state index is 13.2. The first kappa shape index (κ1) is 19.8. The van der Waals surface area contributed by atoms with Crippen LogP contribution in [0.4, 0.5) is 15.8 Å². The van der Waals surface area contributed by atoms with E-state index in [1.54, 1.807) is 19.2 Å². The fourth-order valence-corrected chi connectivity index (χ4v) is 3.04. The molecule has 148 valence electrons. The van der Waals surface area contributed by atoms with Crippen molar-refractivity contribution in [1.82, 2.24) is 4.90 Å². The quantitative estimate of drug-likeness (QED) is 0.829. The SMILES string of the molecule is CN(CC(=O)Nc1ccc(N2CCOCC2)cc1)C(=O)Cc1cccc(F)c1. The Morgan fingerprint density at radius 2 is 1.86 bits per heavy atom. The van der Waals surface area contributed by atoms with Crippen LogP contribution >= 0.6 is 0 Å². The molecule has 2 aromatic rings. The number of nitrogens with one attached hydrogen (secondary N) is 1. The predicted molar refractivity (Wildman–Crippen MR) is 106 cm³/mol. The fraction of sp³-hybridized carbons (Fsp3) is 0.333. The smallest absolute Gasteiger partial charge is 0.243 e. The number of hydrogen-bond donors (Lipinski definition) is 1. The summed E-state index contributed by atoms with van der Waals surface area (Å²) in [5.41, 5.74) is 2.34. The summed E-state index contributed by atoms with van der Waals surface area (Å²) >= 11 is 0. The molecule has 0 aromatic heterocycles. The first-order valence-corrected chi connectivity index (χ1v) is 9.22. The van der Waals surface area contributed by atoms with Crippen LogP contribution in [0.15, 0.2) is 48.5 Å². The second kappa shape index (κ2) is 9.32. The third-order valence-electron chi connectivity index (χ3n) is 4.58. The van der Waals surface area contributed by atoms with E-state index in [2.05, 4.69) is 10.2 Å². The second-order valence-corrected chi connectivity index (χ2v) is 6.75. The second-order valence-electron chi connectivity index (χ2n) is 6.75. The van der Waals surface area contributed by atoms with E-state index in [0.717, 1.165) is 18.8 Å². The van der Waals surface area contributed by atoms with Crippen LogP contribution in [0.2, 0.25) is 0 Å². The van der Waals surface area contributed by atoms with Gasteiger partial charge in [0.1, 0.15) is 5.82 Å². The number of morpholine rings is 1. The highest BCUT2D eigenvalue weighted by molar-refractivity contribution is 5.94. The molecule has 2 amide bonds. The van der Waals surface area contributed by atoms with E-state index >= 15 is 0 Å². The number of benzene rings is 2. The summed E-state index contributed by atoms with van der Waals surface area (Å²) in [6.45, 7) is 3.07. The molecule has 0 aliphatic carbocycles. The minimum absolute atomic E-state index is 0.0514. The summed E-state index contributed by atoms with van der Waals surface area (Å²) in [6.07, 6.45) is 0.0514. The van der Waals surface area contributed by atoms with E-state index in [0.29, 0.717) is 24.5 Å². The van der Waals surface area contributed by atoms with E-state index in [-0.39, 0.29) is 30.6 Å². The van der Waals surface area contributed by atoms with Crippen molar-refractivity contribution in [2.75, 3.05) is 50.1 Å². The van der Waals surface area contributed by atoms with Crippen LogP contribution < -0.4 is 10.2 Å². The van der Waals surface area contributed by atoms with Crippen molar-refractivity contribution >= 4 is 23.2 Å². The molecule has 1 saturated heterocycles. The average Bonchev–Trinajstić information content (AvgIpc) is 2.69. The van der Waals surface area contributed by atoms with Gasteiger partial charge in [0.25, 0.3) is 0 Å². The van der Waals surface area contributed by atoms with Gasteiger partial charge >= 0.3 is 0 Å². The molecule has 1 aliphatic rings. The van der Waals surface area contributed by atoms with Crippen molar-refractivity contribution in [2.24, 2.45) is 0 Å². The molecule has 1 heterocycles. The molecule has 0 radical (unpaired) electrons. The number of rotatable bonds is 6. The Kier molecular flexibility index (Phi) is 6.60. The van der Waals surface area contributed by atoms with Gasteiger partial charge in [0, 0.05) is 31.5 Å². The Morgan fingerprint density at radius 1 is 1.14 bits per heavy atom. The number of hydrogen-bond acceptors (Lipinski definition) is 4. The van der Waals surface area contributed by atoms with Gasteiger partial charge in [-0.05, 0) is 42.0 Å². The van der Waals surface area contributed by atoms with Gasteiger partial charge in [-0.1, -0.05) is 12.1 Å². The summed E-state index contributed by atoms with van der Waals surface area (Å²) in [6, 6.07) is 13.5. The Bertz CT molecular complexity index is 820. The third-order valence-corrected chi connectivity index (χ3v) is 4.58. The molecule has 0 bridgehead atoms. The number of carbonyl (C=O) groups is 2. The minimum atomic E-state index is -0.383. The highest BCUT2D eigenvalue weighted by atomic mass is 19.1. The highest BCUT2D eigenvalue weighted by Crippen LogP contribution is 2.19. The number of carbonyl (C=O) groups excluding carboxylic acids is 2. The first-order valence-electron chi connectivity index (χ1n) is 9.22. The van der Waals surface area contributed by atoms with Gasteiger partial charge in [0.05, 0.1) is 26.2 Å². The summed E-state index contributed by atoms with van der Waals surface area (Å²) in [7, 11) is 1.56. The van der Waals surface area contributed by atoms with Crippen LogP contribution in [0.5, 0.6) is 0 Å². The average molecular weight is 385 g/mol. The molecule has 28 heavy (non-hydrogen) atoms. The summed E-state index contributed by atoms with van der Waals surface area (Å²) in [5.74, 6) is -0.913. The van der Waals surface area contributed by atoms with Crippen LogP contribution in [0.1, 0.15) is 5.56 Å². The number of amides is 2. The van der Waals surface area contributed by atoms with Crippen molar-refractivity contribution in [2.45, 2.75) is 6.42 Å². The lowest BCUT2D eigenvalue weighted by atomic mass is 10.1. The third kappa shape index (κ3) is 5.53. The normalized spacial score (nSPS) is 13.9. The van der Waals surface area contributed by atoms with E-state index in [1.165, 1.54) is 17.0 Å². The number of ether oxygens (including phenoxy) is 1. The van der Waals surface area contributed by atoms with E-state index < -0.39 is 0 Å². The number of likely N-dealkylation sites (N-methyl/N-ethyl adjacent to an activating group) is 1. The van der Waals surface area contributed by atoms with Gasteiger partial charge in [-0.3, -0.25) is 9.59 Å². The van der Waals surface area contributed by atoms with Crippen LogP contribution in [-0.4, -0.2) is 56.6 Å². The zero-order valence-electron chi connectivity index (χ0n) is 15.9. The van der Waals surface area contributed by atoms with Crippen LogP contribution in [0, 0.1) is 5.82 Å². The monoisotopic (exact) mass is 385 g/mol. The largest absolute Gasteiger partial charge is 0.378 e. The van der Waals surface area contributed by atoms with Crippen molar-refractivity contribution in [3.05, 3.63) is 59.9 Å². The van der Waals surface area contributed by atoms with Gasteiger partial charge in [-0.15, -0.1) is 0 Å². The van der Waals surface area contributed by atoms with Crippen LogP contribution in [0.25, 0.3) is 0 Å². The lowest BCUT2D eigenvalue weighted by molar-refractivity contribution is -0.132. The zero-order valence-corrected chi connectivity index (χ0v) is 15.9. The predicted octanol–water partition coefficient (Wildman–Crippen LogP) is 2.30. The summed E-state index contributed by atoms with van der Waals surface area (Å²) in [4.78, 5) is 28.0. The van der Waals surface area contributed by atoms with Crippen molar-refractivity contribution in [1.29, 1.82) is 0 Å². The van der Waals surface area contributed by atoms with Crippen molar-refractivity contribution in [3.63, 3.8) is 0 Å². The molecule has 0 atom stereocenters. The minimum Gasteiger partial charge on any atom is -0.378 e. The number of anilines is 2. The van der Waals surface area contributed by atoms with Crippen molar-refractivity contribution in [3.8, 4) is 0 Å². The molecule has 1 fully saturated rings. The Labute approximate surface area is 163 Å². The van der Waals surface area contributed by atoms with Gasteiger partial charge in [0.2, 0.25) is 11.8 Å². The molecule has 0 spiro atoms. The maximum absolute atomic E-state index is 13.2. The number of halogens is 1. The summed E-state index contributed by atoms with van der Waals surface area (Å²) in [5, 5.41) is 2.79. The van der Waals surface area contributed by atoms with Gasteiger partial charge in [-0.2, -0.15) is 0 Å². The van der Waals surface area contributed by atoms with E-state index in [4.69, 9.17) is 4.74 Å². The van der Waals surface area contributed by atoms with Gasteiger partial charge in [0.15, 0.2) is 0 Å². The molecule has 3 rings (SSSR count). The number of nitrogens with zero attached hydrogens (tertiary/aromatic N) is 2. The topological polar surface area (TPSA) is 61.9 Å². The molecule has 7 heteroatoms. The van der Waals surface area contributed by atoms with Gasteiger partial charge in [-0.25, -0.2) is 4.39 Å². The molecule has 6 nitrogen and oxygen atoms in total. The van der Waals surface area contributed by atoms with Crippen LogP contribution in [0.3, 0.4) is 0 Å². The molecule has 0 saturated carbocycles. The molecule has 0 unspecified atom stereocenters. The molecule has 1 N–H and O–H groups in total. The Balaban J connectivity index is 1.49. The Hall–Kier alpha value is -2.93. The summed E-state index contributed by atoms with van der Waals surface area (Å²) < 4.78 is 18.6. The lowest BCUT2D eigenvalue weighted by Gasteiger charge is -2.28. The Morgan fingerprint density at radius 3 is 2.54 bits per heavy atom. The van der Waals surface area contributed by atoms with Gasteiger partial charge < -0.3 is 19.9 Å². The zero-order chi connectivity index (χ0) is 19.9. The van der Waals surface area contributed by atoms with E-state index in [9.17, 15) is 14.0 Å². The van der Waals surface area contributed by atoms with E-state index in [1.807, 2.05) is 24.3 Å². The molecular formula is C21H24FN3O3.